The molecular weight excluding hydrogens is 594 g/mol. The third-order valence-electron chi connectivity index (χ3n) is 6.93. The molecule has 0 bridgehead atoms. The lowest BCUT2D eigenvalue weighted by molar-refractivity contribution is -0.140. The molecule has 0 unspecified atom stereocenters. The molecule has 0 radical (unpaired) electrons. The largest absolute Gasteiger partial charge is 0.489 e. The first kappa shape index (κ1) is 28.7. The van der Waals surface area contributed by atoms with Gasteiger partial charge in [-0.1, -0.05) is 48.0 Å². The fourth-order valence-corrected chi connectivity index (χ4v) is 5.39. The number of aromatic nitrogens is 2. The fourth-order valence-electron chi connectivity index (χ4n) is 4.59. The second-order valence-electron chi connectivity index (χ2n) is 9.74. The van der Waals surface area contributed by atoms with Gasteiger partial charge in [-0.25, -0.2) is 0 Å². The lowest BCUT2D eigenvalue weighted by Crippen LogP contribution is -2.39. The molecule has 0 amide bonds. The van der Waals surface area contributed by atoms with Crippen molar-refractivity contribution in [2.24, 2.45) is 0 Å². The van der Waals surface area contributed by atoms with Gasteiger partial charge in [0.15, 0.2) is 11.5 Å². The number of nitrogens with one attached hydrogen (secondary N) is 1. The summed E-state index contributed by atoms with van der Waals surface area (Å²) >= 11 is 7.96. The molecule has 0 aliphatic carbocycles. The van der Waals surface area contributed by atoms with Crippen molar-refractivity contribution >= 4 is 40.3 Å². The minimum atomic E-state index is -1.14. The van der Waals surface area contributed by atoms with E-state index in [0.29, 0.717) is 33.6 Å². The first-order valence-electron chi connectivity index (χ1n) is 13.3. The highest BCUT2D eigenvalue weighted by atomic mass is 35.5. The van der Waals surface area contributed by atoms with Crippen LogP contribution in [0.15, 0.2) is 72.8 Å². The van der Waals surface area contributed by atoms with E-state index in [0.717, 1.165) is 45.0 Å². The van der Waals surface area contributed by atoms with E-state index in [1.54, 1.807) is 18.2 Å². The van der Waals surface area contributed by atoms with Crippen LogP contribution in [0.4, 0.5) is 0 Å². The van der Waals surface area contributed by atoms with Crippen LogP contribution in [0.5, 0.6) is 23.0 Å². The second-order valence-corrected chi connectivity index (χ2v) is 10.6. The van der Waals surface area contributed by atoms with E-state index in [2.05, 4.69) is 14.1 Å². The van der Waals surface area contributed by atoms with Gasteiger partial charge >= 0.3 is 5.97 Å². The number of carboxylic acids is 1. The van der Waals surface area contributed by atoms with Crippen molar-refractivity contribution in [1.29, 1.82) is 0 Å². The number of rotatable bonds is 12. The predicted octanol–water partition coefficient (Wildman–Crippen LogP) is 5.43. The van der Waals surface area contributed by atoms with Crippen LogP contribution in [-0.4, -0.2) is 44.4 Å². The molecular formula is C31H26ClN3O7S. The van der Waals surface area contributed by atoms with E-state index in [4.69, 9.17) is 30.5 Å². The molecule has 1 aromatic heterocycles. The van der Waals surface area contributed by atoms with Crippen LogP contribution < -0.4 is 24.3 Å². The molecule has 3 N–H and O–H groups in total. The van der Waals surface area contributed by atoms with Gasteiger partial charge in [0, 0.05) is 29.3 Å². The number of carboxylic acid groups (broad SMARTS) is 1. The normalized spacial score (nSPS) is 12.8. The van der Waals surface area contributed by atoms with Crippen molar-refractivity contribution in [2.75, 3.05) is 13.4 Å². The average Bonchev–Trinajstić information content (AvgIpc) is 3.69. The molecule has 10 nitrogen and oxygen atoms in total. The molecule has 220 valence electrons. The maximum atomic E-state index is 11.4. The highest BCUT2D eigenvalue weighted by Gasteiger charge is 2.18. The third kappa shape index (κ3) is 6.50. The highest BCUT2D eigenvalue weighted by Crippen LogP contribution is 2.39. The van der Waals surface area contributed by atoms with E-state index < -0.39 is 18.6 Å². The lowest BCUT2D eigenvalue weighted by atomic mass is 10.0. The Balaban J connectivity index is 1.20. The number of hydrogen-bond acceptors (Lipinski definition) is 10. The summed E-state index contributed by atoms with van der Waals surface area (Å²) in [7, 11) is 0. The molecule has 0 saturated carbocycles. The molecule has 1 aliphatic heterocycles. The van der Waals surface area contributed by atoms with Crippen molar-refractivity contribution in [3.05, 3.63) is 94.5 Å². The molecule has 4 aromatic carbocycles. The number of benzene rings is 4. The van der Waals surface area contributed by atoms with Crippen LogP contribution in [-0.2, 0) is 24.6 Å². The Morgan fingerprint density at radius 1 is 0.953 bits per heavy atom. The van der Waals surface area contributed by atoms with E-state index in [1.807, 2.05) is 54.6 Å². The highest BCUT2D eigenvalue weighted by molar-refractivity contribution is 7.00. The van der Waals surface area contributed by atoms with Gasteiger partial charge in [0.1, 0.15) is 41.8 Å². The lowest BCUT2D eigenvalue weighted by Gasteiger charge is -2.17. The molecule has 6 rings (SSSR count). The zero-order chi connectivity index (χ0) is 29.8. The van der Waals surface area contributed by atoms with Crippen LogP contribution in [0.3, 0.4) is 0 Å². The molecule has 0 saturated heterocycles. The molecule has 1 aliphatic rings. The zero-order valence-corrected chi connectivity index (χ0v) is 24.2. The van der Waals surface area contributed by atoms with Crippen molar-refractivity contribution < 1.29 is 34.0 Å². The van der Waals surface area contributed by atoms with E-state index in [-0.39, 0.29) is 26.6 Å². The van der Waals surface area contributed by atoms with E-state index in [9.17, 15) is 15.0 Å². The van der Waals surface area contributed by atoms with Crippen LogP contribution >= 0.6 is 23.3 Å². The van der Waals surface area contributed by atoms with Gasteiger partial charge in [-0.05, 0) is 41.5 Å². The minimum absolute atomic E-state index is 0.158. The Morgan fingerprint density at radius 3 is 2.67 bits per heavy atom. The van der Waals surface area contributed by atoms with Gasteiger partial charge in [0.05, 0.1) is 23.4 Å². The Labute approximate surface area is 255 Å². The molecule has 2 heterocycles. The summed E-state index contributed by atoms with van der Waals surface area (Å²) in [5, 5.41) is 22.1. The molecule has 5 aromatic rings. The first-order valence-corrected chi connectivity index (χ1v) is 14.4. The van der Waals surface area contributed by atoms with Crippen LogP contribution in [0, 0.1) is 0 Å². The van der Waals surface area contributed by atoms with Crippen LogP contribution in [0.2, 0.25) is 5.02 Å². The minimum Gasteiger partial charge on any atom is -0.489 e. The monoisotopic (exact) mass is 619 g/mol. The average molecular weight is 620 g/mol. The summed E-state index contributed by atoms with van der Waals surface area (Å²) in [6.07, 6.45) is 0. The number of aliphatic hydroxyl groups excluding tert-OH is 1. The molecule has 43 heavy (non-hydrogen) atoms. The number of carbonyl (C=O) groups is 1. The number of halogens is 1. The Kier molecular flexibility index (Phi) is 8.57. The third-order valence-corrected chi connectivity index (χ3v) is 7.93. The predicted molar refractivity (Wildman–Crippen MR) is 161 cm³/mol. The Hall–Kier alpha value is -4.42. The SMILES string of the molecule is O=C(O)[C@@H](CO)NCc1ccc(OCc2cccc(-c3ccc4c(c3)OCO4)c2Cl)cc1OCc1ccc2nsnc2c1. The Bertz CT molecular complexity index is 1780. The maximum Gasteiger partial charge on any atom is 0.323 e. The van der Waals surface area contributed by atoms with E-state index >= 15 is 0 Å². The number of hydrogen-bond donors (Lipinski definition) is 3. The van der Waals surface area contributed by atoms with E-state index in [1.165, 1.54) is 0 Å². The first-order chi connectivity index (χ1) is 21.0. The molecule has 0 fully saturated rings. The van der Waals surface area contributed by atoms with Gasteiger partial charge in [-0.15, -0.1) is 0 Å². The topological polar surface area (TPSA) is 132 Å². The summed E-state index contributed by atoms with van der Waals surface area (Å²) in [6, 6.07) is 21.4. The summed E-state index contributed by atoms with van der Waals surface area (Å²) in [5.74, 6) is 1.28. The molecule has 1 atom stereocenters. The van der Waals surface area contributed by atoms with Crippen molar-refractivity contribution in [1.82, 2.24) is 14.1 Å². The Morgan fingerprint density at radius 2 is 1.81 bits per heavy atom. The van der Waals surface area contributed by atoms with Gasteiger partial charge in [-0.3, -0.25) is 10.1 Å². The van der Waals surface area contributed by atoms with Crippen LogP contribution in [0.25, 0.3) is 22.2 Å². The quantitative estimate of drug-likeness (QED) is 0.166. The van der Waals surface area contributed by atoms with Gasteiger partial charge in [0.25, 0.3) is 0 Å². The number of aliphatic carboxylic acids is 1. The van der Waals surface area contributed by atoms with Gasteiger partial charge in [0.2, 0.25) is 6.79 Å². The molecule has 0 spiro atoms. The van der Waals surface area contributed by atoms with Crippen molar-refractivity contribution in [3.63, 3.8) is 0 Å². The summed E-state index contributed by atoms with van der Waals surface area (Å²) in [4.78, 5) is 11.4. The smallest absolute Gasteiger partial charge is 0.323 e. The van der Waals surface area contributed by atoms with Crippen LogP contribution in [0.1, 0.15) is 16.7 Å². The number of aliphatic hydroxyl groups is 1. The summed E-state index contributed by atoms with van der Waals surface area (Å²) in [5.41, 5.74) is 5.75. The summed E-state index contributed by atoms with van der Waals surface area (Å²) < 4.78 is 31.8. The second kappa shape index (κ2) is 12.8. The maximum absolute atomic E-state index is 11.4. The number of nitrogens with zero attached hydrogens (tertiary/aromatic N) is 2. The number of fused-ring (bicyclic) bond motifs is 2. The fraction of sp³-hybridized carbons (Fsp3) is 0.194. The van der Waals surface area contributed by atoms with Gasteiger partial charge < -0.3 is 29.2 Å². The zero-order valence-electron chi connectivity index (χ0n) is 22.7. The molecule has 12 heteroatoms. The number of ether oxygens (including phenoxy) is 4. The van der Waals surface area contributed by atoms with Gasteiger partial charge in [-0.2, -0.15) is 8.75 Å². The standard InChI is InChI=1S/C31H26ClN3O7S/c32-30-21(2-1-3-23(30)19-6-9-27-29(11-19)42-17-41-27)16-39-22-7-5-20(13-33-26(14-36)31(37)38)28(12-22)40-15-18-4-8-24-25(10-18)35-43-34-24/h1-12,26,33,36H,13-17H2,(H,37,38)/t26-/m1/s1. The van der Waals surface area contributed by atoms with Crippen molar-refractivity contribution in [2.45, 2.75) is 25.8 Å². The summed E-state index contributed by atoms with van der Waals surface area (Å²) in [6.45, 7) is 0.260. The van der Waals surface area contributed by atoms with Crippen molar-refractivity contribution in [3.8, 4) is 34.1 Å².